The second-order valence-corrected chi connectivity index (χ2v) is 5.80. The average molecular weight is 347 g/mol. The zero-order chi connectivity index (χ0) is 17.1. The van der Waals surface area contributed by atoms with Gasteiger partial charge in [-0.25, -0.2) is 4.79 Å². The average Bonchev–Trinajstić information content (AvgIpc) is 3.03. The van der Waals surface area contributed by atoms with Crippen LogP contribution in [0.3, 0.4) is 0 Å². The van der Waals surface area contributed by atoms with Crippen LogP contribution in [0.25, 0.3) is 0 Å². The summed E-state index contributed by atoms with van der Waals surface area (Å²) in [5, 5.41) is 16.5. The SMILES string of the molecule is COc1ccc(CNC(=S)N2CCc3onc(C(=O)O)c3C2)cc1. The number of carboxylic acids is 1. The molecule has 7 nitrogen and oxygen atoms in total. The van der Waals surface area contributed by atoms with Gasteiger partial charge in [0.1, 0.15) is 11.5 Å². The van der Waals surface area contributed by atoms with Crippen molar-refractivity contribution < 1.29 is 19.2 Å². The number of nitrogens with zero attached hydrogens (tertiary/aromatic N) is 2. The predicted octanol–water partition coefficient (Wildman–Crippen LogP) is 1.81. The highest BCUT2D eigenvalue weighted by Crippen LogP contribution is 2.22. The molecule has 0 atom stereocenters. The molecule has 0 radical (unpaired) electrons. The van der Waals surface area contributed by atoms with Crippen molar-refractivity contribution in [1.29, 1.82) is 0 Å². The number of methoxy groups -OCH3 is 1. The van der Waals surface area contributed by atoms with E-state index in [2.05, 4.69) is 10.5 Å². The summed E-state index contributed by atoms with van der Waals surface area (Å²) in [5.74, 6) is 0.346. The molecule has 1 aliphatic heterocycles. The van der Waals surface area contributed by atoms with E-state index in [9.17, 15) is 4.79 Å². The van der Waals surface area contributed by atoms with Crippen LogP contribution in [0.15, 0.2) is 28.8 Å². The van der Waals surface area contributed by atoms with Crippen LogP contribution < -0.4 is 10.1 Å². The Kier molecular flexibility index (Phi) is 4.66. The summed E-state index contributed by atoms with van der Waals surface area (Å²) < 4.78 is 10.2. The number of benzene rings is 1. The number of fused-ring (bicyclic) bond motifs is 1. The molecule has 0 saturated carbocycles. The summed E-state index contributed by atoms with van der Waals surface area (Å²) in [7, 11) is 1.63. The normalized spacial score (nSPS) is 13.3. The lowest BCUT2D eigenvalue weighted by atomic mass is 10.1. The Morgan fingerprint density at radius 2 is 2.21 bits per heavy atom. The first-order valence-electron chi connectivity index (χ1n) is 7.45. The fourth-order valence-corrected chi connectivity index (χ4v) is 2.81. The number of aromatic nitrogens is 1. The third-order valence-corrected chi connectivity index (χ3v) is 4.32. The molecular formula is C16H17N3O4S. The summed E-state index contributed by atoms with van der Waals surface area (Å²) >= 11 is 5.43. The van der Waals surface area contributed by atoms with E-state index < -0.39 is 5.97 Å². The summed E-state index contributed by atoms with van der Waals surface area (Å²) in [6.07, 6.45) is 0.583. The van der Waals surface area contributed by atoms with Crippen molar-refractivity contribution in [3.05, 3.63) is 46.8 Å². The zero-order valence-electron chi connectivity index (χ0n) is 13.1. The first-order chi connectivity index (χ1) is 11.6. The zero-order valence-corrected chi connectivity index (χ0v) is 13.9. The van der Waals surface area contributed by atoms with Crippen LogP contribution in [0.1, 0.15) is 27.4 Å². The van der Waals surface area contributed by atoms with E-state index in [-0.39, 0.29) is 5.69 Å². The minimum absolute atomic E-state index is 0.0346. The second-order valence-electron chi connectivity index (χ2n) is 5.42. The highest BCUT2D eigenvalue weighted by Gasteiger charge is 2.28. The third-order valence-electron chi connectivity index (χ3n) is 3.92. The van der Waals surface area contributed by atoms with Crippen molar-refractivity contribution >= 4 is 23.3 Å². The highest BCUT2D eigenvalue weighted by atomic mass is 32.1. The Bertz CT molecular complexity index is 757. The maximum Gasteiger partial charge on any atom is 0.358 e. The molecular weight excluding hydrogens is 330 g/mol. The number of thiocarbonyl (C=S) groups is 1. The molecule has 1 aromatic carbocycles. The molecule has 0 spiro atoms. The Hall–Kier alpha value is -2.61. The molecule has 2 heterocycles. The molecule has 24 heavy (non-hydrogen) atoms. The van der Waals surface area contributed by atoms with E-state index in [1.807, 2.05) is 29.2 Å². The minimum atomic E-state index is -1.08. The minimum Gasteiger partial charge on any atom is -0.497 e. The van der Waals surface area contributed by atoms with Crippen LogP contribution >= 0.6 is 12.2 Å². The van der Waals surface area contributed by atoms with Crippen LogP contribution in [0.2, 0.25) is 0 Å². The molecule has 1 aromatic heterocycles. The van der Waals surface area contributed by atoms with E-state index in [1.165, 1.54) is 0 Å². The summed E-state index contributed by atoms with van der Waals surface area (Å²) in [6.45, 7) is 1.63. The summed E-state index contributed by atoms with van der Waals surface area (Å²) in [6, 6.07) is 7.71. The third kappa shape index (κ3) is 3.33. The molecule has 1 aliphatic rings. The quantitative estimate of drug-likeness (QED) is 0.810. The molecule has 2 N–H and O–H groups in total. The molecule has 0 bridgehead atoms. The number of aromatic carboxylic acids is 1. The molecule has 0 amide bonds. The maximum absolute atomic E-state index is 11.2. The molecule has 3 rings (SSSR count). The van der Waals surface area contributed by atoms with Gasteiger partial charge in [-0.3, -0.25) is 0 Å². The number of hydrogen-bond donors (Lipinski definition) is 2. The van der Waals surface area contributed by atoms with Gasteiger partial charge < -0.3 is 24.6 Å². The molecule has 8 heteroatoms. The van der Waals surface area contributed by atoms with E-state index in [0.29, 0.717) is 42.5 Å². The molecule has 126 valence electrons. The van der Waals surface area contributed by atoms with Gasteiger partial charge in [0, 0.05) is 25.1 Å². The van der Waals surface area contributed by atoms with Crippen LogP contribution in [-0.4, -0.2) is 39.9 Å². The van der Waals surface area contributed by atoms with E-state index in [1.54, 1.807) is 7.11 Å². The monoisotopic (exact) mass is 347 g/mol. The Morgan fingerprint density at radius 1 is 1.46 bits per heavy atom. The van der Waals surface area contributed by atoms with Gasteiger partial charge in [0.25, 0.3) is 0 Å². The van der Waals surface area contributed by atoms with Crippen LogP contribution in [-0.2, 0) is 19.5 Å². The van der Waals surface area contributed by atoms with Gasteiger partial charge >= 0.3 is 5.97 Å². The number of rotatable bonds is 4. The smallest absolute Gasteiger partial charge is 0.358 e. The molecule has 2 aromatic rings. The first-order valence-corrected chi connectivity index (χ1v) is 7.85. The Balaban J connectivity index is 1.61. The first kappa shape index (κ1) is 16.3. The van der Waals surface area contributed by atoms with Crippen molar-refractivity contribution in [3.8, 4) is 5.75 Å². The number of nitrogens with one attached hydrogen (secondary N) is 1. The van der Waals surface area contributed by atoms with Gasteiger partial charge in [0.2, 0.25) is 0 Å². The van der Waals surface area contributed by atoms with E-state index in [4.69, 9.17) is 26.6 Å². The van der Waals surface area contributed by atoms with Crippen molar-refractivity contribution in [2.24, 2.45) is 0 Å². The summed E-state index contributed by atoms with van der Waals surface area (Å²) in [4.78, 5) is 13.1. The van der Waals surface area contributed by atoms with Gasteiger partial charge in [0.05, 0.1) is 13.7 Å². The number of ether oxygens (including phenoxy) is 1. The van der Waals surface area contributed by atoms with Gasteiger partial charge in [-0.05, 0) is 29.9 Å². The fourth-order valence-electron chi connectivity index (χ4n) is 2.58. The Labute approximate surface area is 144 Å². The van der Waals surface area contributed by atoms with Gasteiger partial charge in [-0.15, -0.1) is 0 Å². The van der Waals surface area contributed by atoms with Gasteiger partial charge in [-0.2, -0.15) is 0 Å². The number of carboxylic acid groups (broad SMARTS) is 1. The van der Waals surface area contributed by atoms with Crippen molar-refractivity contribution in [1.82, 2.24) is 15.4 Å². The predicted molar refractivity (Wildman–Crippen MR) is 90.0 cm³/mol. The summed E-state index contributed by atoms with van der Waals surface area (Å²) in [5.41, 5.74) is 1.64. The molecule has 0 fully saturated rings. The lowest BCUT2D eigenvalue weighted by Crippen LogP contribution is -2.42. The standard InChI is InChI=1S/C16H17N3O4S/c1-22-11-4-2-10(3-5-11)8-17-16(24)19-7-6-13-12(9-19)14(15(20)21)18-23-13/h2-5H,6-9H2,1H3,(H,17,24)(H,20,21). The van der Waals surface area contributed by atoms with Crippen LogP contribution in [0, 0.1) is 0 Å². The van der Waals surface area contributed by atoms with Crippen LogP contribution in [0.5, 0.6) is 5.75 Å². The van der Waals surface area contributed by atoms with Crippen molar-refractivity contribution in [2.75, 3.05) is 13.7 Å². The van der Waals surface area contributed by atoms with Gasteiger partial charge in [0.15, 0.2) is 10.8 Å². The van der Waals surface area contributed by atoms with E-state index in [0.717, 1.165) is 11.3 Å². The van der Waals surface area contributed by atoms with Crippen LogP contribution in [0.4, 0.5) is 0 Å². The second kappa shape index (κ2) is 6.88. The number of carbonyl (C=O) groups is 1. The van der Waals surface area contributed by atoms with Crippen molar-refractivity contribution in [2.45, 2.75) is 19.5 Å². The lowest BCUT2D eigenvalue weighted by molar-refractivity contribution is 0.0684. The molecule has 0 unspecified atom stereocenters. The molecule has 0 aliphatic carbocycles. The van der Waals surface area contributed by atoms with E-state index >= 15 is 0 Å². The highest BCUT2D eigenvalue weighted by molar-refractivity contribution is 7.80. The largest absolute Gasteiger partial charge is 0.497 e. The maximum atomic E-state index is 11.2. The fraction of sp³-hybridized carbons (Fsp3) is 0.312. The lowest BCUT2D eigenvalue weighted by Gasteiger charge is -2.28. The molecule has 0 saturated heterocycles. The van der Waals surface area contributed by atoms with Crippen molar-refractivity contribution in [3.63, 3.8) is 0 Å². The van der Waals surface area contributed by atoms with Gasteiger partial charge in [-0.1, -0.05) is 17.3 Å². The topological polar surface area (TPSA) is 87.8 Å². The Morgan fingerprint density at radius 3 is 2.88 bits per heavy atom. The number of hydrogen-bond acceptors (Lipinski definition) is 5.